The van der Waals surface area contributed by atoms with Gasteiger partial charge >= 0.3 is 0 Å². The molecule has 0 bridgehead atoms. The average molecular weight is 448 g/mol. The second kappa shape index (κ2) is 5.57. The summed E-state index contributed by atoms with van der Waals surface area (Å²) in [5.41, 5.74) is 2.20. The summed E-state index contributed by atoms with van der Waals surface area (Å²) >= 11 is 19.4. The Kier molecular flexibility index (Phi) is 4.58. The van der Waals surface area contributed by atoms with E-state index in [2.05, 4.69) is 62.8 Å². The van der Waals surface area contributed by atoms with Crippen LogP contribution in [0.4, 0.5) is 0 Å². The summed E-state index contributed by atoms with van der Waals surface area (Å²) < 4.78 is 2.68. The highest BCUT2D eigenvalue weighted by Gasteiger charge is 2.16. The van der Waals surface area contributed by atoms with Crippen LogP contribution in [0.15, 0.2) is 30.3 Å². The molecule has 2 aromatic rings. The first-order chi connectivity index (χ1) is 7.58. The van der Waals surface area contributed by atoms with E-state index in [9.17, 15) is 0 Å². The first-order valence-corrected chi connectivity index (χ1v) is 7.99. The first kappa shape index (κ1) is 13.1. The third-order valence-electron chi connectivity index (χ3n) is 2.12. The maximum Gasteiger partial charge on any atom is 0.0990 e. The molecule has 0 N–H and O–H groups in total. The second-order valence-electron chi connectivity index (χ2n) is 3.19. The van der Waals surface area contributed by atoms with Gasteiger partial charge < -0.3 is 0 Å². The molecule has 1 aromatic carbocycles. The van der Waals surface area contributed by atoms with Gasteiger partial charge in [-0.15, -0.1) is 11.3 Å². The third-order valence-corrected chi connectivity index (χ3v) is 5.38. The minimum absolute atomic E-state index is 0.0979. The van der Waals surface area contributed by atoms with Gasteiger partial charge in [0.1, 0.15) is 0 Å². The van der Waals surface area contributed by atoms with E-state index in [0.29, 0.717) is 0 Å². The minimum atomic E-state index is 0.0979. The van der Waals surface area contributed by atoms with E-state index < -0.39 is 0 Å². The predicted octanol–water partition coefficient (Wildman–Crippen LogP) is 6.14. The maximum absolute atomic E-state index is 6.12. The van der Waals surface area contributed by atoms with Gasteiger partial charge in [-0.1, -0.05) is 51.3 Å². The van der Waals surface area contributed by atoms with Crippen LogP contribution in [0.25, 0.3) is 0 Å². The number of hydrogen-bond acceptors (Lipinski definition) is 1. The van der Waals surface area contributed by atoms with E-state index in [1.54, 1.807) is 0 Å². The molecular weight excluding hydrogens is 442 g/mol. The quantitative estimate of drug-likeness (QED) is 0.383. The minimum Gasteiger partial charge on any atom is -0.111 e. The zero-order valence-corrected chi connectivity index (χ0v) is 14.0. The smallest absolute Gasteiger partial charge is 0.0990 e. The fourth-order valence-corrected chi connectivity index (χ4v) is 4.18. The number of alkyl halides is 1. The second-order valence-corrected chi connectivity index (χ2v) is 7.64. The fraction of sp³-hybridized carbons (Fsp3) is 0.0909. The predicted molar refractivity (Wildman–Crippen MR) is 84.3 cm³/mol. The number of benzene rings is 1. The standard InChI is InChI=1S/C11H6BrCl2IS/c12-10(6-1-3-7(15)4-2-6)8-5-9(13)16-11(8)14/h1-5,10H. The zero-order valence-electron chi connectivity index (χ0n) is 7.88. The molecule has 0 radical (unpaired) electrons. The molecule has 0 fully saturated rings. The summed E-state index contributed by atoms with van der Waals surface area (Å²) in [5.74, 6) is 0. The van der Waals surface area contributed by atoms with Crippen molar-refractivity contribution >= 4 is 73.1 Å². The van der Waals surface area contributed by atoms with E-state index in [1.165, 1.54) is 20.5 Å². The Morgan fingerprint density at radius 2 is 1.81 bits per heavy atom. The molecule has 1 unspecified atom stereocenters. The SMILES string of the molecule is Clc1cc(C(Br)c2ccc(I)cc2)c(Cl)s1. The van der Waals surface area contributed by atoms with Crippen LogP contribution >= 0.6 is 73.1 Å². The number of thiophene rings is 1. The van der Waals surface area contributed by atoms with Gasteiger partial charge in [0.2, 0.25) is 0 Å². The molecule has 1 heterocycles. The lowest BCUT2D eigenvalue weighted by Gasteiger charge is -2.09. The highest BCUT2D eigenvalue weighted by molar-refractivity contribution is 14.1. The van der Waals surface area contributed by atoms with Crippen LogP contribution in [0.1, 0.15) is 16.0 Å². The molecule has 0 aliphatic carbocycles. The van der Waals surface area contributed by atoms with Crippen LogP contribution in [-0.2, 0) is 0 Å². The van der Waals surface area contributed by atoms with Crippen molar-refractivity contribution in [2.24, 2.45) is 0 Å². The maximum atomic E-state index is 6.12. The van der Waals surface area contributed by atoms with Crippen molar-refractivity contribution in [3.05, 3.63) is 53.7 Å². The normalized spacial score (nSPS) is 12.8. The van der Waals surface area contributed by atoms with Crippen molar-refractivity contribution in [3.8, 4) is 0 Å². The van der Waals surface area contributed by atoms with Gasteiger partial charge in [0.25, 0.3) is 0 Å². The Bertz CT molecular complexity index is 495. The Hall–Kier alpha value is 0.710. The number of halogens is 4. The largest absolute Gasteiger partial charge is 0.111 e. The highest BCUT2D eigenvalue weighted by atomic mass is 127. The molecule has 5 heteroatoms. The van der Waals surface area contributed by atoms with Crippen LogP contribution in [0.3, 0.4) is 0 Å². The van der Waals surface area contributed by atoms with Crippen molar-refractivity contribution in [3.63, 3.8) is 0 Å². The van der Waals surface area contributed by atoms with Gasteiger partial charge in [0.15, 0.2) is 0 Å². The van der Waals surface area contributed by atoms with Crippen LogP contribution in [0.5, 0.6) is 0 Å². The molecule has 0 saturated heterocycles. The lowest BCUT2D eigenvalue weighted by atomic mass is 10.1. The van der Waals surface area contributed by atoms with E-state index in [4.69, 9.17) is 23.2 Å². The van der Waals surface area contributed by atoms with Crippen LogP contribution in [-0.4, -0.2) is 0 Å². The Morgan fingerprint density at radius 1 is 1.19 bits per heavy atom. The van der Waals surface area contributed by atoms with Gasteiger partial charge in [-0.2, -0.15) is 0 Å². The van der Waals surface area contributed by atoms with Crippen LogP contribution in [0.2, 0.25) is 8.67 Å². The van der Waals surface area contributed by atoms with Gasteiger partial charge in [-0.3, -0.25) is 0 Å². The van der Waals surface area contributed by atoms with E-state index in [0.717, 1.165) is 14.2 Å². The summed E-state index contributed by atoms with van der Waals surface area (Å²) in [6.07, 6.45) is 0. The Labute approximate surface area is 130 Å². The highest BCUT2D eigenvalue weighted by Crippen LogP contribution is 2.41. The summed E-state index contributed by atoms with van der Waals surface area (Å²) in [4.78, 5) is 0.0979. The Morgan fingerprint density at radius 3 is 2.31 bits per heavy atom. The van der Waals surface area contributed by atoms with Crippen molar-refractivity contribution < 1.29 is 0 Å². The van der Waals surface area contributed by atoms with Crippen molar-refractivity contribution in [1.29, 1.82) is 0 Å². The molecule has 0 saturated carbocycles. The number of rotatable bonds is 2. The van der Waals surface area contributed by atoms with E-state index >= 15 is 0 Å². The molecule has 0 amide bonds. The van der Waals surface area contributed by atoms with Crippen molar-refractivity contribution in [2.45, 2.75) is 4.83 Å². The Balaban J connectivity index is 2.35. The lowest BCUT2D eigenvalue weighted by Crippen LogP contribution is -1.91. The van der Waals surface area contributed by atoms with Crippen LogP contribution in [0, 0.1) is 3.57 Å². The van der Waals surface area contributed by atoms with E-state index in [1.807, 2.05) is 6.07 Å². The summed E-state index contributed by atoms with van der Waals surface area (Å²) in [6.45, 7) is 0. The van der Waals surface area contributed by atoms with Gasteiger partial charge in [-0.05, 0) is 46.4 Å². The average Bonchev–Trinajstić information content (AvgIpc) is 2.58. The van der Waals surface area contributed by atoms with Crippen molar-refractivity contribution in [2.75, 3.05) is 0 Å². The number of hydrogen-bond donors (Lipinski definition) is 0. The molecular formula is C11H6BrCl2IS. The summed E-state index contributed by atoms with van der Waals surface area (Å²) in [6, 6.07) is 10.2. The van der Waals surface area contributed by atoms with E-state index in [-0.39, 0.29) is 4.83 Å². The zero-order chi connectivity index (χ0) is 11.7. The lowest BCUT2D eigenvalue weighted by molar-refractivity contribution is 1.19. The molecule has 84 valence electrons. The van der Waals surface area contributed by atoms with Crippen molar-refractivity contribution in [1.82, 2.24) is 0 Å². The molecule has 0 aliphatic heterocycles. The summed E-state index contributed by atoms with van der Waals surface area (Å²) in [7, 11) is 0. The molecule has 1 aromatic heterocycles. The van der Waals surface area contributed by atoms with Gasteiger partial charge in [0.05, 0.1) is 13.5 Å². The van der Waals surface area contributed by atoms with Gasteiger partial charge in [0, 0.05) is 9.13 Å². The molecule has 0 nitrogen and oxygen atoms in total. The molecule has 0 aliphatic rings. The monoisotopic (exact) mass is 446 g/mol. The first-order valence-electron chi connectivity index (χ1n) is 4.42. The topological polar surface area (TPSA) is 0 Å². The van der Waals surface area contributed by atoms with Crippen LogP contribution < -0.4 is 0 Å². The van der Waals surface area contributed by atoms with Gasteiger partial charge in [-0.25, -0.2) is 0 Å². The fourth-order valence-electron chi connectivity index (χ4n) is 1.34. The summed E-state index contributed by atoms with van der Waals surface area (Å²) in [5, 5.41) is 0. The molecule has 2 rings (SSSR count). The molecule has 1 atom stereocenters. The molecule has 16 heavy (non-hydrogen) atoms. The molecule has 0 spiro atoms. The third kappa shape index (κ3) is 2.93.